The molecule has 290 valence electrons. The van der Waals surface area contributed by atoms with E-state index in [4.69, 9.17) is 9.72 Å². The lowest BCUT2D eigenvalue weighted by Crippen LogP contribution is -2.23. The van der Waals surface area contributed by atoms with E-state index >= 15 is 0 Å². The van der Waals surface area contributed by atoms with Crippen molar-refractivity contribution in [2.24, 2.45) is 0 Å². The fourth-order valence-electron chi connectivity index (χ4n) is 8.78. The zero-order valence-electron chi connectivity index (χ0n) is 35.2. The van der Waals surface area contributed by atoms with Gasteiger partial charge in [-0.05, 0) is 124 Å². The molecule has 0 amide bonds. The lowest BCUT2D eigenvalue weighted by atomic mass is 9.77. The second-order valence-electron chi connectivity index (χ2n) is 18.0. The van der Waals surface area contributed by atoms with E-state index in [0.717, 1.165) is 51.7 Å². The molecule has 0 atom stereocenters. The quantitative estimate of drug-likeness (QED) is 0.169. The van der Waals surface area contributed by atoms with Gasteiger partial charge in [-0.15, -0.1) is 0 Å². The Hall–Kier alpha value is -6.33. The molecule has 0 spiro atoms. The van der Waals surface area contributed by atoms with Crippen molar-refractivity contribution in [2.45, 2.75) is 66.2 Å². The zero-order valence-corrected chi connectivity index (χ0v) is 35.2. The maximum absolute atomic E-state index is 6.72. The first-order valence-electron chi connectivity index (χ1n) is 20.4. The summed E-state index contributed by atoms with van der Waals surface area (Å²) in [5.74, 6) is 2.43. The number of para-hydroxylation sites is 1. The highest BCUT2D eigenvalue weighted by molar-refractivity contribution is 6.09. The molecule has 2 aromatic heterocycles. The van der Waals surface area contributed by atoms with Gasteiger partial charge in [-0.1, -0.05) is 108 Å². The van der Waals surface area contributed by atoms with Crippen molar-refractivity contribution in [3.05, 3.63) is 162 Å². The summed E-state index contributed by atoms with van der Waals surface area (Å²) in [6.45, 7) is 18.9. The van der Waals surface area contributed by atoms with Crippen LogP contribution >= 0.6 is 0 Å². The molecule has 0 unspecified atom stereocenters. The lowest BCUT2D eigenvalue weighted by Gasteiger charge is -2.27. The molecule has 58 heavy (non-hydrogen) atoms. The van der Waals surface area contributed by atoms with Crippen LogP contribution in [0.4, 0.5) is 17.1 Å². The van der Waals surface area contributed by atoms with Crippen LogP contribution < -0.4 is 14.5 Å². The number of fused-ring (bicyclic) bond motifs is 4. The largest absolute Gasteiger partial charge is 0.457 e. The third-order valence-corrected chi connectivity index (χ3v) is 11.8. The van der Waals surface area contributed by atoms with E-state index in [9.17, 15) is 0 Å². The molecular weight excluding hydrogens is 709 g/mol. The van der Waals surface area contributed by atoms with Crippen LogP contribution in [-0.4, -0.2) is 23.3 Å². The van der Waals surface area contributed by atoms with Gasteiger partial charge in [0.2, 0.25) is 0 Å². The summed E-state index contributed by atoms with van der Waals surface area (Å²) in [5.41, 5.74) is 15.9. The Labute approximate surface area is 343 Å². The Morgan fingerprint density at radius 3 is 2.10 bits per heavy atom. The van der Waals surface area contributed by atoms with Gasteiger partial charge in [0, 0.05) is 41.8 Å². The molecule has 3 heterocycles. The van der Waals surface area contributed by atoms with E-state index in [2.05, 4.69) is 204 Å². The predicted octanol–water partition coefficient (Wildman–Crippen LogP) is 14.1. The number of aryl methyl sites for hydroxylation is 2. The lowest BCUT2D eigenvalue weighted by molar-refractivity contribution is 0.483. The summed E-state index contributed by atoms with van der Waals surface area (Å²) in [6, 6.07) is 48.2. The molecule has 0 N–H and O–H groups in total. The average Bonchev–Trinajstić information content (AvgIpc) is 3.70. The number of benzene rings is 6. The summed E-state index contributed by atoms with van der Waals surface area (Å²) < 4.78 is 9.00. The van der Waals surface area contributed by atoms with Crippen LogP contribution in [0.25, 0.3) is 49.9 Å². The Kier molecular flexibility index (Phi) is 8.96. The van der Waals surface area contributed by atoms with Crippen LogP contribution in [-0.2, 0) is 10.8 Å². The summed E-state index contributed by atoms with van der Waals surface area (Å²) in [6.07, 6.45) is 1.94. The second-order valence-corrected chi connectivity index (χ2v) is 18.0. The number of aromatic nitrogens is 2. The standard InChI is InChI=1S/C53H52N4O/c1-34-14-12-15-35(2)51(34)37-20-25-47-49(28-37)56(33-55(47)9)39-16-13-17-40(31-39)58-41-22-24-44-43-18-10-11-19-46(43)57(48(44)32-41)50-29-36(26-27-54-50)42-23-21-38(52(3,4)5)30-45(42)53(6,7)8/h10-32H,33H2,1-9H3. The van der Waals surface area contributed by atoms with Crippen LogP contribution in [0.1, 0.15) is 63.8 Å². The SMILES string of the molecule is Cc1cccc(C)c1-c1ccc2c(c1)N(c1cccc(Oc3ccc4c5ccccc5n(-c5cc(-c6ccc(C(C)(C)C)cc6C(C)(C)C)ccn5)c4c3)c1)CN2C. The minimum atomic E-state index is -0.0339. The highest BCUT2D eigenvalue weighted by atomic mass is 16.5. The van der Waals surface area contributed by atoms with E-state index in [1.165, 1.54) is 55.7 Å². The maximum Gasteiger partial charge on any atom is 0.138 e. The molecule has 5 nitrogen and oxygen atoms in total. The van der Waals surface area contributed by atoms with Crippen LogP contribution in [0.3, 0.4) is 0 Å². The molecule has 0 aliphatic carbocycles. The van der Waals surface area contributed by atoms with Gasteiger partial charge in [0.1, 0.15) is 17.3 Å². The Morgan fingerprint density at radius 2 is 1.33 bits per heavy atom. The molecule has 0 fully saturated rings. The molecule has 1 aliphatic rings. The number of hydrogen-bond acceptors (Lipinski definition) is 4. The average molecular weight is 761 g/mol. The van der Waals surface area contributed by atoms with Crippen molar-refractivity contribution >= 4 is 38.9 Å². The molecule has 5 heteroatoms. The van der Waals surface area contributed by atoms with Crippen molar-refractivity contribution in [1.29, 1.82) is 0 Å². The van der Waals surface area contributed by atoms with Gasteiger partial charge in [0.25, 0.3) is 0 Å². The van der Waals surface area contributed by atoms with Crippen LogP contribution in [0.2, 0.25) is 0 Å². The normalized spacial score (nSPS) is 13.1. The summed E-state index contributed by atoms with van der Waals surface area (Å²) in [7, 11) is 2.16. The van der Waals surface area contributed by atoms with Gasteiger partial charge in [0.05, 0.1) is 29.1 Å². The highest BCUT2D eigenvalue weighted by Gasteiger charge is 2.27. The van der Waals surface area contributed by atoms with Gasteiger partial charge < -0.3 is 14.5 Å². The van der Waals surface area contributed by atoms with Crippen molar-refractivity contribution < 1.29 is 4.74 Å². The molecule has 0 radical (unpaired) electrons. The van der Waals surface area contributed by atoms with Gasteiger partial charge in [-0.2, -0.15) is 0 Å². The van der Waals surface area contributed by atoms with E-state index in [1.54, 1.807) is 0 Å². The van der Waals surface area contributed by atoms with Gasteiger partial charge >= 0.3 is 0 Å². The van der Waals surface area contributed by atoms with Crippen molar-refractivity contribution in [1.82, 2.24) is 9.55 Å². The van der Waals surface area contributed by atoms with Crippen molar-refractivity contribution in [3.8, 4) is 39.6 Å². The minimum Gasteiger partial charge on any atom is -0.457 e. The summed E-state index contributed by atoms with van der Waals surface area (Å²) >= 11 is 0. The molecule has 8 aromatic rings. The first kappa shape index (κ1) is 37.3. The van der Waals surface area contributed by atoms with E-state index in [1.807, 2.05) is 12.3 Å². The first-order chi connectivity index (χ1) is 27.7. The third-order valence-electron chi connectivity index (χ3n) is 11.8. The Bertz CT molecular complexity index is 2850. The number of nitrogens with zero attached hydrogens (tertiary/aromatic N) is 4. The maximum atomic E-state index is 6.72. The van der Waals surface area contributed by atoms with Crippen LogP contribution in [0, 0.1) is 13.8 Å². The molecule has 9 rings (SSSR count). The first-order valence-corrected chi connectivity index (χ1v) is 20.4. The van der Waals surface area contributed by atoms with E-state index in [-0.39, 0.29) is 10.8 Å². The topological polar surface area (TPSA) is 33.5 Å². The number of ether oxygens (including phenoxy) is 1. The van der Waals surface area contributed by atoms with Crippen LogP contribution in [0.15, 0.2) is 140 Å². The summed E-state index contributed by atoms with van der Waals surface area (Å²) in [5, 5.41) is 2.34. The molecular formula is C53H52N4O. The molecule has 6 aromatic carbocycles. The van der Waals surface area contributed by atoms with Crippen molar-refractivity contribution in [2.75, 3.05) is 23.5 Å². The number of pyridine rings is 1. The van der Waals surface area contributed by atoms with Crippen molar-refractivity contribution in [3.63, 3.8) is 0 Å². The third kappa shape index (κ3) is 6.58. The number of hydrogen-bond donors (Lipinski definition) is 0. The Balaban J connectivity index is 1.09. The van der Waals surface area contributed by atoms with Crippen LogP contribution in [0.5, 0.6) is 11.5 Å². The zero-order chi connectivity index (χ0) is 40.5. The van der Waals surface area contributed by atoms with Gasteiger partial charge in [-0.3, -0.25) is 4.57 Å². The molecule has 0 bridgehead atoms. The fraction of sp³-hybridized carbons (Fsp3) is 0.226. The molecule has 0 saturated carbocycles. The van der Waals surface area contributed by atoms with Gasteiger partial charge in [-0.25, -0.2) is 4.98 Å². The monoisotopic (exact) mass is 760 g/mol. The van der Waals surface area contributed by atoms with Gasteiger partial charge in [0.15, 0.2) is 0 Å². The minimum absolute atomic E-state index is 0.0339. The highest BCUT2D eigenvalue weighted by Crippen LogP contribution is 2.45. The number of rotatable bonds is 6. The predicted molar refractivity (Wildman–Crippen MR) is 245 cm³/mol. The summed E-state index contributed by atoms with van der Waals surface area (Å²) in [4.78, 5) is 9.68. The Morgan fingerprint density at radius 1 is 0.586 bits per heavy atom. The molecule has 0 saturated heterocycles. The van der Waals surface area contributed by atoms with E-state index < -0.39 is 0 Å². The van der Waals surface area contributed by atoms with E-state index in [0.29, 0.717) is 0 Å². The second kappa shape index (κ2) is 13.9. The molecule has 1 aliphatic heterocycles. The smallest absolute Gasteiger partial charge is 0.138 e. The number of anilines is 3. The fourth-order valence-corrected chi connectivity index (χ4v) is 8.78.